The smallest absolute Gasteiger partial charge is 0.406 e. The van der Waals surface area contributed by atoms with Gasteiger partial charge in [0.15, 0.2) is 0 Å². The van der Waals surface area contributed by atoms with Crippen molar-refractivity contribution in [3.63, 3.8) is 0 Å². The zero-order chi connectivity index (χ0) is 22.0. The van der Waals surface area contributed by atoms with Crippen LogP contribution >= 0.6 is 0 Å². The van der Waals surface area contributed by atoms with Crippen LogP contribution in [0, 0.1) is 0 Å². The molecular weight excluding hydrogens is 405 g/mol. The van der Waals surface area contributed by atoms with E-state index in [9.17, 15) is 18.0 Å². The average molecular weight is 424 g/mol. The van der Waals surface area contributed by atoms with Crippen LogP contribution < -0.4 is 10.1 Å². The number of nitrogens with zero attached hydrogens (tertiary/aromatic N) is 1. The number of rotatable bonds is 4. The van der Waals surface area contributed by atoms with Crippen molar-refractivity contribution < 1.29 is 22.7 Å². The van der Waals surface area contributed by atoms with E-state index in [1.165, 1.54) is 22.3 Å². The number of alkyl halides is 3. The Morgan fingerprint density at radius 1 is 0.935 bits per heavy atom. The van der Waals surface area contributed by atoms with E-state index >= 15 is 0 Å². The van der Waals surface area contributed by atoms with Gasteiger partial charge in [0.1, 0.15) is 5.75 Å². The predicted octanol–water partition coefficient (Wildman–Crippen LogP) is 6.85. The van der Waals surface area contributed by atoms with Gasteiger partial charge in [0.05, 0.1) is 5.52 Å². The van der Waals surface area contributed by atoms with Crippen LogP contribution in [0.4, 0.5) is 23.7 Å². The lowest BCUT2D eigenvalue weighted by molar-refractivity contribution is -0.274. The zero-order valence-electron chi connectivity index (χ0n) is 16.6. The Kier molecular flexibility index (Phi) is 5.42. The number of aromatic nitrogens is 1. The van der Waals surface area contributed by atoms with Crippen LogP contribution in [0.25, 0.3) is 22.0 Å². The largest absolute Gasteiger partial charge is 0.573 e. The third-order valence-electron chi connectivity index (χ3n) is 4.96. The summed E-state index contributed by atoms with van der Waals surface area (Å²) in [6.45, 7) is 2.08. The van der Waals surface area contributed by atoms with E-state index in [0.29, 0.717) is 5.69 Å². The number of benzene rings is 3. The molecule has 3 aromatic carbocycles. The molecule has 1 amide bonds. The van der Waals surface area contributed by atoms with Crippen LogP contribution in [0.3, 0.4) is 0 Å². The number of nitrogens with one attached hydrogen (secondary N) is 1. The lowest BCUT2D eigenvalue weighted by Crippen LogP contribution is -2.19. The van der Waals surface area contributed by atoms with Gasteiger partial charge in [-0.1, -0.05) is 49.4 Å². The van der Waals surface area contributed by atoms with E-state index in [-0.39, 0.29) is 5.75 Å². The van der Waals surface area contributed by atoms with Gasteiger partial charge >= 0.3 is 12.4 Å². The summed E-state index contributed by atoms with van der Waals surface area (Å²) in [5, 5.41) is 3.66. The van der Waals surface area contributed by atoms with Crippen molar-refractivity contribution in [2.24, 2.45) is 0 Å². The molecule has 1 aromatic heterocycles. The standard InChI is InChI=1S/C24H19F3N2O2/c1-2-16-7-3-4-8-19(16)21-15-29(22-10-6-5-9-20(21)22)23(30)28-17-11-13-18(14-12-17)31-24(25,26)27/h3-15H,2H2,1H3,(H,28,30). The first-order chi connectivity index (χ1) is 14.9. The lowest BCUT2D eigenvalue weighted by atomic mass is 9.98. The van der Waals surface area contributed by atoms with Gasteiger partial charge in [-0.25, -0.2) is 4.79 Å². The molecule has 0 bridgehead atoms. The normalized spacial score (nSPS) is 11.5. The minimum atomic E-state index is -4.76. The van der Waals surface area contributed by atoms with Crippen molar-refractivity contribution in [2.45, 2.75) is 19.7 Å². The van der Waals surface area contributed by atoms with E-state index in [1.807, 2.05) is 42.5 Å². The Balaban J connectivity index is 1.66. The number of aryl methyl sites for hydroxylation is 1. The Morgan fingerprint density at radius 2 is 1.61 bits per heavy atom. The summed E-state index contributed by atoms with van der Waals surface area (Å²) < 4.78 is 42.3. The molecule has 0 unspecified atom stereocenters. The SMILES string of the molecule is CCc1ccccc1-c1cn(C(=O)Nc2ccc(OC(F)(F)F)cc2)c2ccccc12. The number of halogens is 3. The maximum absolute atomic E-state index is 13.0. The van der Waals surface area contributed by atoms with Crippen LogP contribution in [0.1, 0.15) is 12.5 Å². The summed E-state index contributed by atoms with van der Waals surface area (Å²) >= 11 is 0. The average Bonchev–Trinajstić information content (AvgIpc) is 3.14. The van der Waals surface area contributed by atoms with Crippen LogP contribution in [0.15, 0.2) is 79.0 Å². The Morgan fingerprint density at radius 3 is 2.32 bits per heavy atom. The molecule has 0 spiro atoms. The fourth-order valence-electron chi connectivity index (χ4n) is 3.58. The van der Waals surface area contributed by atoms with Crippen molar-refractivity contribution in [2.75, 3.05) is 5.32 Å². The third kappa shape index (κ3) is 4.40. The lowest BCUT2D eigenvalue weighted by Gasteiger charge is -2.10. The van der Waals surface area contributed by atoms with Crippen LogP contribution in [0.2, 0.25) is 0 Å². The highest BCUT2D eigenvalue weighted by atomic mass is 19.4. The summed E-state index contributed by atoms with van der Waals surface area (Å²) in [7, 11) is 0. The topological polar surface area (TPSA) is 43.3 Å². The van der Waals surface area contributed by atoms with Crippen molar-refractivity contribution in [1.82, 2.24) is 4.57 Å². The fraction of sp³-hybridized carbons (Fsp3) is 0.125. The van der Waals surface area contributed by atoms with Crippen LogP contribution in [0.5, 0.6) is 5.75 Å². The molecular formula is C24H19F3N2O2. The second kappa shape index (κ2) is 8.18. The second-order valence-corrected chi connectivity index (χ2v) is 6.94. The molecule has 0 radical (unpaired) electrons. The maximum atomic E-state index is 13.0. The Labute approximate surface area is 176 Å². The summed E-state index contributed by atoms with van der Waals surface area (Å²) in [6, 6.07) is 20.2. The minimum Gasteiger partial charge on any atom is -0.406 e. The first-order valence-electron chi connectivity index (χ1n) is 9.71. The molecule has 7 heteroatoms. The summed E-state index contributed by atoms with van der Waals surface area (Å²) in [6.07, 6.45) is -2.12. The molecule has 0 atom stereocenters. The number of amides is 1. The fourth-order valence-corrected chi connectivity index (χ4v) is 3.58. The molecule has 4 rings (SSSR count). The number of ether oxygens (including phenoxy) is 1. The number of fused-ring (bicyclic) bond motifs is 1. The Bertz CT molecular complexity index is 1230. The summed E-state index contributed by atoms with van der Waals surface area (Å²) in [5.41, 5.74) is 4.26. The molecule has 4 nitrogen and oxygen atoms in total. The number of carbonyl (C=O) groups is 1. The van der Waals surface area contributed by atoms with Gasteiger partial charge in [0.2, 0.25) is 0 Å². The number of carbonyl (C=O) groups excluding carboxylic acids is 1. The van der Waals surface area contributed by atoms with Crippen LogP contribution in [-0.2, 0) is 6.42 Å². The molecule has 4 aromatic rings. The molecule has 0 aliphatic heterocycles. The van der Waals surface area contributed by atoms with E-state index in [1.54, 1.807) is 6.20 Å². The van der Waals surface area contributed by atoms with Gasteiger partial charge < -0.3 is 10.1 Å². The zero-order valence-corrected chi connectivity index (χ0v) is 16.6. The van der Waals surface area contributed by atoms with E-state index < -0.39 is 12.4 Å². The second-order valence-electron chi connectivity index (χ2n) is 6.94. The van der Waals surface area contributed by atoms with Gasteiger partial charge in [-0.15, -0.1) is 13.2 Å². The highest BCUT2D eigenvalue weighted by Crippen LogP contribution is 2.33. The van der Waals surface area contributed by atoms with Crippen molar-refractivity contribution >= 4 is 22.6 Å². The van der Waals surface area contributed by atoms with Gasteiger partial charge in [-0.3, -0.25) is 4.57 Å². The van der Waals surface area contributed by atoms with Gasteiger partial charge in [-0.05, 0) is 47.9 Å². The molecule has 0 fully saturated rings. The van der Waals surface area contributed by atoms with Gasteiger partial charge in [0, 0.05) is 22.8 Å². The predicted molar refractivity (Wildman–Crippen MR) is 114 cm³/mol. The van der Waals surface area contributed by atoms with E-state index in [4.69, 9.17) is 0 Å². The van der Waals surface area contributed by atoms with Crippen LogP contribution in [-0.4, -0.2) is 17.0 Å². The highest BCUT2D eigenvalue weighted by molar-refractivity contribution is 6.04. The monoisotopic (exact) mass is 424 g/mol. The third-order valence-corrected chi connectivity index (χ3v) is 4.96. The molecule has 1 N–H and O–H groups in total. The summed E-state index contributed by atoms with van der Waals surface area (Å²) in [5.74, 6) is -0.352. The maximum Gasteiger partial charge on any atom is 0.573 e. The first-order valence-corrected chi connectivity index (χ1v) is 9.71. The molecule has 0 aliphatic carbocycles. The van der Waals surface area contributed by atoms with E-state index in [0.717, 1.165) is 40.6 Å². The molecule has 0 saturated heterocycles. The van der Waals surface area contributed by atoms with Gasteiger partial charge in [-0.2, -0.15) is 0 Å². The minimum absolute atomic E-state index is 0.352. The summed E-state index contributed by atoms with van der Waals surface area (Å²) in [4.78, 5) is 13.0. The molecule has 0 saturated carbocycles. The number of para-hydroxylation sites is 1. The van der Waals surface area contributed by atoms with Crippen molar-refractivity contribution in [3.05, 3.63) is 84.6 Å². The molecule has 0 aliphatic rings. The van der Waals surface area contributed by atoms with Gasteiger partial charge in [0.25, 0.3) is 0 Å². The van der Waals surface area contributed by atoms with Crippen molar-refractivity contribution in [1.29, 1.82) is 0 Å². The number of anilines is 1. The first kappa shape index (κ1) is 20.5. The molecule has 1 heterocycles. The highest BCUT2D eigenvalue weighted by Gasteiger charge is 2.31. The number of hydrogen-bond acceptors (Lipinski definition) is 2. The quantitative estimate of drug-likeness (QED) is 0.389. The van der Waals surface area contributed by atoms with E-state index in [2.05, 4.69) is 23.0 Å². The Hall–Kier alpha value is -3.74. The molecule has 31 heavy (non-hydrogen) atoms. The van der Waals surface area contributed by atoms with Crippen molar-refractivity contribution in [3.8, 4) is 16.9 Å². The number of hydrogen-bond donors (Lipinski definition) is 1. The molecule has 158 valence electrons.